The van der Waals surface area contributed by atoms with Crippen LogP contribution in [0.1, 0.15) is 12.8 Å². The minimum absolute atomic E-state index is 0.471. The summed E-state index contributed by atoms with van der Waals surface area (Å²) in [6.07, 6.45) is 6.59. The summed E-state index contributed by atoms with van der Waals surface area (Å²) in [7, 11) is -1.26. The van der Waals surface area contributed by atoms with Gasteiger partial charge in [-0.05, 0) is 24.8 Å². The summed E-state index contributed by atoms with van der Waals surface area (Å²) in [6, 6.07) is 1.83. The highest BCUT2D eigenvalue weighted by atomic mass is 32.2. The monoisotopic (exact) mass is 395 g/mol. The quantitative estimate of drug-likeness (QED) is 0.559. The van der Waals surface area contributed by atoms with Crippen LogP contribution in [0.15, 0.2) is 23.5 Å². The number of piperidine rings is 1. The van der Waals surface area contributed by atoms with Gasteiger partial charge in [0, 0.05) is 65.3 Å². The van der Waals surface area contributed by atoms with E-state index in [0.717, 1.165) is 57.5 Å². The molecule has 0 spiro atoms. The third-order valence-corrected chi connectivity index (χ3v) is 6.52. The minimum Gasteiger partial charge on any atom is -0.356 e. The van der Waals surface area contributed by atoms with Gasteiger partial charge < -0.3 is 15.1 Å². The molecule has 10 heteroatoms. The van der Waals surface area contributed by atoms with Gasteiger partial charge in [0.1, 0.15) is 0 Å². The highest BCUT2D eigenvalue weighted by Crippen LogP contribution is 2.18. The van der Waals surface area contributed by atoms with Crippen LogP contribution in [0.4, 0.5) is 5.95 Å². The highest BCUT2D eigenvalue weighted by Gasteiger charge is 2.26. The Hall–Kier alpha value is -1.94. The fourth-order valence-electron chi connectivity index (χ4n) is 3.59. The first kappa shape index (κ1) is 19.8. The van der Waals surface area contributed by atoms with Crippen molar-refractivity contribution in [3.8, 4) is 0 Å². The van der Waals surface area contributed by atoms with Crippen LogP contribution in [0, 0.1) is 5.92 Å². The Morgan fingerprint density at radius 3 is 2.33 bits per heavy atom. The zero-order valence-corrected chi connectivity index (χ0v) is 16.9. The van der Waals surface area contributed by atoms with Gasteiger partial charge in [-0.3, -0.25) is 4.99 Å². The van der Waals surface area contributed by atoms with Gasteiger partial charge in [0.05, 0.1) is 6.26 Å². The van der Waals surface area contributed by atoms with Crippen LogP contribution in [-0.2, 0) is 10.0 Å². The summed E-state index contributed by atoms with van der Waals surface area (Å²) in [4.78, 5) is 17.5. The summed E-state index contributed by atoms with van der Waals surface area (Å²) in [5.74, 6) is 2.16. The Bertz CT molecular complexity index is 725. The molecule has 1 aromatic heterocycles. The molecule has 0 bridgehead atoms. The van der Waals surface area contributed by atoms with E-state index in [1.54, 1.807) is 23.7 Å². The Morgan fingerprint density at radius 2 is 1.78 bits per heavy atom. The van der Waals surface area contributed by atoms with E-state index in [9.17, 15) is 8.42 Å². The minimum atomic E-state index is -3.06. The first-order valence-electron chi connectivity index (χ1n) is 9.40. The zero-order valence-electron chi connectivity index (χ0n) is 16.1. The van der Waals surface area contributed by atoms with E-state index in [2.05, 4.69) is 30.1 Å². The molecule has 0 saturated carbocycles. The van der Waals surface area contributed by atoms with Crippen LogP contribution >= 0.6 is 0 Å². The lowest BCUT2D eigenvalue weighted by Gasteiger charge is -2.37. The van der Waals surface area contributed by atoms with Gasteiger partial charge in [-0.1, -0.05) is 0 Å². The van der Waals surface area contributed by atoms with Gasteiger partial charge in [-0.25, -0.2) is 22.7 Å². The average Bonchev–Trinajstić information content (AvgIpc) is 2.69. The second-order valence-electron chi connectivity index (χ2n) is 7.06. The molecule has 9 nitrogen and oxygen atoms in total. The number of sulfonamides is 1. The zero-order chi connectivity index (χ0) is 19.3. The van der Waals surface area contributed by atoms with Crippen molar-refractivity contribution in [2.45, 2.75) is 12.8 Å². The molecule has 1 N–H and O–H groups in total. The molecule has 0 aliphatic carbocycles. The fourth-order valence-corrected chi connectivity index (χ4v) is 4.46. The van der Waals surface area contributed by atoms with E-state index in [0.29, 0.717) is 19.0 Å². The molecule has 27 heavy (non-hydrogen) atoms. The predicted octanol–water partition coefficient (Wildman–Crippen LogP) is -0.154. The van der Waals surface area contributed by atoms with Crippen LogP contribution in [-0.4, -0.2) is 92.7 Å². The molecule has 3 heterocycles. The van der Waals surface area contributed by atoms with E-state index >= 15 is 0 Å². The molecular formula is C17H29N7O2S. The van der Waals surface area contributed by atoms with Crippen molar-refractivity contribution >= 4 is 21.9 Å². The van der Waals surface area contributed by atoms with Gasteiger partial charge in [0.15, 0.2) is 5.96 Å². The molecule has 150 valence electrons. The van der Waals surface area contributed by atoms with Gasteiger partial charge in [-0.15, -0.1) is 0 Å². The van der Waals surface area contributed by atoms with Crippen molar-refractivity contribution in [3.63, 3.8) is 0 Å². The van der Waals surface area contributed by atoms with E-state index in [1.165, 1.54) is 6.26 Å². The van der Waals surface area contributed by atoms with Crippen molar-refractivity contribution in [2.24, 2.45) is 10.9 Å². The lowest BCUT2D eigenvalue weighted by molar-refractivity contribution is 0.271. The number of hydrogen-bond donors (Lipinski definition) is 1. The van der Waals surface area contributed by atoms with Gasteiger partial charge in [0.2, 0.25) is 16.0 Å². The maximum Gasteiger partial charge on any atom is 0.225 e. The first-order chi connectivity index (χ1) is 13.0. The number of aromatic nitrogens is 2. The van der Waals surface area contributed by atoms with E-state index in [4.69, 9.17) is 0 Å². The summed E-state index contributed by atoms with van der Waals surface area (Å²) in [6.45, 7) is 5.50. The molecule has 3 rings (SSSR count). The Kier molecular flexibility index (Phi) is 6.48. The molecule has 2 fully saturated rings. The number of hydrogen-bond acceptors (Lipinski definition) is 6. The van der Waals surface area contributed by atoms with Crippen LogP contribution in [0.5, 0.6) is 0 Å². The normalized spacial score (nSPS) is 20.7. The molecule has 2 aliphatic rings. The summed E-state index contributed by atoms with van der Waals surface area (Å²) >= 11 is 0. The Morgan fingerprint density at radius 1 is 1.15 bits per heavy atom. The largest absolute Gasteiger partial charge is 0.356 e. The van der Waals surface area contributed by atoms with Gasteiger partial charge in [0.25, 0.3) is 0 Å². The Balaban J connectivity index is 1.44. The van der Waals surface area contributed by atoms with Crippen LogP contribution in [0.25, 0.3) is 0 Å². The second-order valence-corrected chi connectivity index (χ2v) is 9.04. The first-order valence-corrected chi connectivity index (χ1v) is 11.2. The molecule has 0 unspecified atom stereocenters. The Labute approximate surface area is 161 Å². The maximum atomic E-state index is 11.6. The van der Waals surface area contributed by atoms with Crippen molar-refractivity contribution in [1.82, 2.24) is 24.5 Å². The van der Waals surface area contributed by atoms with E-state index < -0.39 is 10.0 Å². The van der Waals surface area contributed by atoms with Crippen molar-refractivity contribution in [2.75, 3.05) is 64.0 Å². The molecule has 2 aliphatic heterocycles. The van der Waals surface area contributed by atoms with E-state index in [1.807, 2.05) is 6.07 Å². The standard InChI is InChI=1S/C17H29N7O2S/c1-18-16(21-14-15-4-8-24(9-5-15)27(2,25)26)22-10-12-23(13-11-22)17-19-6-3-7-20-17/h3,6-7,15H,4-5,8-14H2,1-2H3,(H,18,21). The fraction of sp³-hybridized carbons (Fsp3) is 0.706. The number of rotatable bonds is 4. The average molecular weight is 396 g/mol. The number of nitrogens with zero attached hydrogens (tertiary/aromatic N) is 6. The highest BCUT2D eigenvalue weighted by molar-refractivity contribution is 7.88. The lowest BCUT2D eigenvalue weighted by atomic mass is 9.98. The van der Waals surface area contributed by atoms with Gasteiger partial charge in [-0.2, -0.15) is 0 Å². The number of aliphatic imine (C=N–C) groups is 1. The summed E-state index contributed by atoms with van der Waals surface area (Å²) in [5, 5.41) is 3.48. The van der Waals surface area contributed by atoms with Crippen LogP contribution in [0.3, 0.4) is 0 Å². The molecule has 2 saturated heterocycles. The SMILES string of the molecule is CN=C(NCC1CCN(S(C)(=O)=O)CC1)N1CCN(c2ncccn2)CC1. The van der Waals surface area contributed by atoms with Crippen molar-refractivity contribution in [3.05, 3.63) is 18.5 Å². The van der Waals surface area contributed by atoms with Crippen molar-refractivity contribution < 1.29 is 8.42 Å². The summed E-state index contributed by atoms with van der Waals surface area (Å²) in [5.41, 5.74) is 0. The van der Waals surface area contributed by atoms with Crippen LogP contribution < -0.4 is 10.2 Å². The van der Waals surface area contributed by atoms with Crippen molar-refractivity contribution in [1.29, 1.82) is 0 Å². The number of nitrogens with one attached hydrogen (secondary N) is 1. The maximum absolute atomic E-state index is 11.6. The topological polar surface area (TPSA) is 94.0 Å². The number of piperazine rings is 1. The smallest absolute Gasteiger partial charge is 0.225 e. The second kappa shape index (κ2) is 8.83. The molecule has 1 aromatic rings. The molecule has 0 atom stereocenters. The molecule has 0 radical (unpaired) electrons. The molecular weight excluding hydrogens is 366 g/mol. The third-order valence-electron chi connectivity index (χ3n) is 5.22. The van der Waals surface area contributed by atoms with Crippen LogP contribution in [0.2, 0.25) is 0 Å². The number of guanidine groups is 1. The van der Waals surface area contributed by atoms with E-state index in [-0.39, 0.29) is 0 Å². The predicted molar refractivity (Wildman–Crippen MR) is 106 cm³/mol. The molecule has 0 aromatic carbocycles. The lowest BCUT2D eigenvalue weighted by Crippen LogP contribution is -2.53. The summed E-state index contributed by atoms with van der Waals surface area (Å²) < 4.78 is 24.8. The number of anilines is 1. The molecule has 0 amide bonds. The van der Waals surface area contributed by atoms with Gasteiger partial charge >= 0.3 is 0 Å². The third kappa shape index (κ3) is 5.29.